The molecule has 0 radical (unpaired) electrons. The van der Waals surface area contributed by atoms with Gasteiger partial charge in [-0.3, -0.25) is 9.52 Å². The monoisotopic (exact) mass is 349 g/mol. The number of esters is 1. The molecule has 7 heteroatoms. The lowest BCUT2D eigenvalue weighted by Crippen LogP contribution is -2.20. The van der Waals surface area contributed by atoms with Crippen LogP contribution in [0, 0.1) is 13.8 Å². The Bertz CT molecular complexity index is 560. The zero-order valence-corrected chi connectivity index (χ0v) is 13.4. The van der Waals surface area contributed by atoms with Crippen LogP contribution in [-0.4, -0.2) is 27.2 Å². The summed E-state index contributed by atoms with van der Waals surface area (Å²) in [5.74, 6) is -0.844. The number of methoxy groups -OCH3 is 1. The van der Waals surface area contributed by atoms with Gasteiger partial charge in [0.15, 0.2) is 0 Å². The van der Waals surface area contributed by atoms with E-state index >= 15 is 0 Å². The number of halogens is 1. The molecule has 0 aliphatic carbocycles. The number of nitrogens with one attached hydrogen (secondary N) is 1. The van der Waals surface area contributed by atoms with Crippen molar-refractivity contribution in [3.63, 3.8) is 0 Å². The summed E-state index contributed by atoms with van der Waals surface area (Å²) >= 11 is 3.35. The van der Waals surface area contributed by atoms with E-state index in [1.165, 1.54) is 7.11 Å². The van der Waals surface area contributed by atoms with Gasteiger partial charge in [0.05, 0.1) is 25.0 Å². The quantitative estimate of drug-likeness (QED) is 0.828. The minimum absolute atomic E-state index is 0.166. The third kappa shape index (κ3) is 4.83. The molecule has 0 bridgehead atoms. The van der Waals surface area contributed by atoms with Crippen LogP contribution in [0.25, 0.3) is 0 Å². The van der Waals surface area contributed by atoms with Crippen molar-refractivity contribution < 1.29 is 17.9 Å². The zero-order valence-electron chi connectivity index (χ0n) is 11.0. The van der Waals surface area contributed by atoms with E-state index in [2.05, 4.69) is 25.4 Å². The number of ether oxygens (including phenoxy) is 1. The highest BCUT2D eigenvalue weighted by Crippen LogP contribution is 2.26. The summed E-state index contributed by atoms with van der Waals surface area (Å²) in [6, 6.07) is 3.65. The fourth-order valence-corrected chi connectivity index (χ4v) is 3.46. The first-order valence-corrected chi connectivity index (χ1v) is 8.04. The fourth-order valence-electron chi connectivity index (χ4n) is 1.60. The zero-order chi connectivity index (χ0) is 14.6. The third-order valence-corrected chi connectivity index (χ3v) is 4.27. The first-order valence-electron chi connectivity index (χ1n) is 5.59. The van der Waals surface area contributed by atoms with Crippen LogP contribution in [0.5, 0.6) is 0 Å². The minimum Gasteiger partial charge on any atom is -0.469 e. The Labute approximate surface area is 121 Å². The van der Waals surface area contributed by atoms with Crippen LogP contribution < -0.4 is 4.72 Å². The van der Waals surface area contributed by atoms with Crippen molar-refractivity contribution in [2.75, 3.05) is 17.6 Å². The molecule has 1 aromatic carbocycles. The van der Waals surface area contributed by atoms with Gasteiger partial charge in [-0.25, -0.2) is 8.42 Å². The Balaban J connectivity index is 2.87. The summed E-state index contributed by atoms with van der Waals surface area (Å²) in [6.07, 6.45) is -0.166. The van der Waals surface area contributed by atoms with Crippen LogP contribution in [0.3, 0.4) is 0 Å². The van der Waals surface area contributed by atoms with Gasteiger partial charge in [0, 0.05) is 4.47 Å². The second-order valence-electron chi connectivity index (χ2n) is 4.16. The van der Waals surface area contributed by atoms with E-state index in [0.29, 0.717) is 5.69 Å². The van der Waals surface area contributed by atoms with Crippen LogP contribution in [0.2, 0.25) is 0 Å². The van der Waals surface area contributed by atoms with Crippen LogP contribution in [0.4, 0.5) is 5.69 Å². The molecule has 0 aromatic heterocycles. The average Bonchev–Trinajstić information content (AvgIpc) is 2.31. The Morgan fingerprint density at radius 2 is 1.84 bits per heavy atom. The second kappa shape index (κ2) is 6.38. The Kier molecular flexibility index (Phi) is 5.37. The van der Waals surface area contributed by atoms with Gasteiger partial charge >= 0.3 is 5.97 Å². The first kappa shape index (κ1) is 16.0. The topological polar surface area (TPSA) is 72.5 Å². The van der Waals surface area contributed by atoms with E-state index in [-0.39, 0.29) is 12.2 Å². The number of hydrogen-bond acceptors (Lipinski definition) is 4. The first-order chi connectivity index (χ1) is 8.75. The Hall–Kier alpha value is -1.08. The van der Waals surface area contributed by atoms with Gasteiger partial charge < -0.3 is 4.74 Å². The molecule has 1 N–H and O–H groups in total. The van der Waals surface area contributed by atoms with Gasteiger partial charge in [-0.15, -0.1) is 0 Å². The van der Waals surface area contributed by atoms with E-state index < -0.39 is 16.0 Å². The van der Waals surface area contributed by atoms with Crippen LogP contribution in [0.15, 0.2) is 16.6 Å². The maximum absolute atomic E-state index is 11.9. The smallest absolute Gasteiger partial charge is 0.306 e. The Morgan fingerprint density at radius 3 is 2.32 bits per heavy atom. The SMILES string of the molecule is COC(=O)CCS(=O)(=O)Nc1c(C)cc(Br)cc1C. The lowest BCUT2D eigenvalue weighted by Gasteiger charge is -2.13. The fraction of sp³-hybridized carbons (Fsp3) is 0.417. The van der Waals surface area contributed by atoms with Crippen molar-refractivity contribution in [2.45, 2.75) is 20.3 Å². The molecule has 0 saturated heterocycles. The van der Waals surface area contributed by atoms with Crippen molar-refractivity contribution in [3.8, 4) is 0 Å². The largest absolute Gasteiger partial charge is 0.469 e. The molecule has 1 rings (SSSR count). The maximum Gasteiger partial charge on any atom is 0.306 e. The van der Waals surface area contributed by atoms with Gasteiger partial charge in [0.25, 0.3) is 0 Å². The maximum atomic E-state index is 11.9. The van der Waals surface area contributed by atoms with Gasteiger partial charge in [-0.05, 0) is 37.1 Å². The number of aryl methyl sites for hydroxylation is 2. The van der Waals surface area contributed by atoms with Gasteiger partial charge in [-0.1, -0.05) is 15.9 Å². The van der Waals surface area contributed by atoms with Gasteiger partial charge in [0.1, 0.15) is 0 Å². The average molecular weight is 350 g/mol. The highest BCUT2D eigenvalue weighted by atomic mass is 79.9. The highest BCUT2D eigenvalue weighted by molar-refractivity contribution is 9.10. The summed E-state index contributed by atoms with van der Waals surface area (Å²) in [7, 11) is -2.34. The van der Waals surface area contributed by atoms with Crippen LogP contribution >= 0.6 is 15.9 Å². The molecule has 0 unspecified atom stereocenters. The van der Waals surface area contributed by atoms with E-state index in [4.69, 9.17) is 0 Å². The number of carbonyl (C=O) groups is 1. The number of sulfonamides is 1. The molecule has 106 valence electrons. The standard InChI is InChI=1S/C12H16BrNO4S/c1-8-6-10(13)7-9(2)12(8)14-19(16,17)5-4-11(15)18-3/h6-7,14H,4-5H2,1-3H3. The van der Waals surface area contributed by atoms with Crippen molar-refractivity contribution in [1.29, 1.82) is 0 Å². The van der Waals surface area contributed by atoms with Crippen LogP contribution in [-0.2, 0) is 19.6 Å². The summed E-state index contributed by atoms with van der Waals surface area (Å²) < 4.78 is 31.6. The molecular weight excluding hydrogens is 334 g/mol. The molecule has 0 heterocycles. The number of carbonyl (C=O) groups excluding carboxylic acids is 1. The van der Waals surface area contributed by atoms with Gasteiger partial charge in [-0.2, -0.15) is 0 Å². The predicted molar refractivity (Wildman–Crippen MR) is 77.7 cm³/mol. The molecule has 0 aliphatic rings. The van der Waals surface area contributed by atoms with E-state index in [1.807, 2.05) is 26.0 Å². The highest BCUT2D eigenvalue weighted by Gasteiger charge is 2.16. The van der Waals surface area contributed by atoms with Crippen molar-refractivity contribution in [3.05, 3.63) is 27.7 Å². The van der Waals surface area contributed by atoms with Crippen molar-refractivity contribution >= 4 is 37.6 Å². The molecule has 5 nitrogen and oxygen atoms in total. The van der Waals surface area contributed by atoms with Crippen molar-refractivity contribution in [2.24, 2.45) is 0 Å². The normalized spacial score (nSPS) is 11.2. The summed E-state index contributed by atoms with van der Waals surface area (Å²) in [5, 5.41) is 0. The molecule has 0 atom stereocenters. The van der Waals surface area contributed by atoms with Gasteiger partial charge in [0.2, 0.25) is 10.0 Å². The lowest BCUT2D eigenvalue weighted by atomic mass is 10.1. The second-order valence-corrected chi connectivity index (χ2v) is 6.92. The number of benzene rings is 1. The number of rotatable bonds is 5. The molecule has 0 amide bonds. The molecular formula is C12H16BrNO4S. The predicted octanol–water partition coefficient (Wildman–Crippen LogP) is 2.37. The van der Waals surface area contributed by atoms with E-state index in [0.717, 1.165) is 15.6 Å². The summed E-state index contributed by atoms with van der Waals surface area (Å²) in [6.45, 7) is 3.63. The minimum atomic E-state index is -3.56. The molecule has 1 aromatic rings. The number of anilines is 1. The molecule has 0 fully saturated rings. The summed E-state index contributed by atoms with van der Waals surface area (Å²) in [4.78, 5) is 11.0. The molecule has 0 spiro atoms. The molecule has 19 heavy (non-hydrogen) atoms. The molecule has 0 saturated carbocycles. The summed E-state index contributed by atoms with van der Waals surface area (Å²) in [5.41, 5.74) is 2.18. The lowest BCUT2D eigenvalue weighted by molar-refractivity contribution is -0.140. The third-order valence-electron chi connectivity index (χ3n) is 2.56. The van der Waals surface area contributed by atoms with Crippen molar-refractivity contribution in [1.82, 2.24) is 0 Å². The Morgan fingerprint density at radius 1 is 1.32 bits per heavy atom. The molecule has 0 aliphatic heterocycles. The van der Waals surface area contributed by atoms with E-state index in [9.17, 15) is 13.2 Å². The van der Waals surface area contributed by atoms with Crippen LogP contribution in [0.1, 0.15) is 17.5 Å². The number of hydrogen-bond donors (Lipinski definition) is 1. The van der Waals surface area contributed by atoms with E-state index in [1.54, 1.807) is 0 Å².